The zero-order chi connectivity index (χ0) is 13.9. The molecule has 1 aromatic carbocycles. The average Bonchev–Trinajstić information content (AvgIpc) is 2.88. The lowest BCUT2D eigenvalue weighted by atomic mass is 10.0. The Bertz CT molecular complexity index is 552. The molecule has 0 bridgehead atoms. The first-order valence-corrected chi connectivity index (χ1v) is 6.97. The third kappa shape index (κ3) is 2.86. The quantitative estimate of drug-likeness (QED) is 0.893. The summed E-state index contributed by atoms with van der Waals surface area (Å²) in [6, 6.07) is 11.4. The van der Waals surface area contributed by atoms with Crippen molar-refractivity contribution in [2.24, 2.45) is 7.05 Å². The normalized spacial score (nSPS) is 23.9. The lowest BCUT2D eigenvalue weighted by molar-refractivity contribution is 0.130. The molecular weight excluding hydrogens is 252 g/mol. The Labute approximate surface area is 118 Å². The monoisotopic (exact) mass is 272 g/mol. The summed E-state index contributed by atoms with van der Waals surface area (Å²) in [7, 11) is 1.80. The Morgan fingerprint density at radius 1 is 1.30 bits per heavy atom. The van der Waals surface area contributed by atoms with Crippen LogP contribution < -0.4 is 5.32 Å². The maximum Gasteiger partial charge on any atom is 0.188 e. The van der Waals surface area contributed by atoms with Gasteiger partial charge < -0.3 is 5.32 Å². The van der Waals surface area contributed by atoms with Crippen molar-refractivity contribution in [1.29, 1.82) is 0 Å². The number of aryl methyl sites for hydroxylation is 1. The number of piperazine rings is 1. The Hall–Kier alpha value is -1.79. The summed E-state index contributed by atoms with van der Waals surface area (Å²) < 4.78 is 0. The van der Waals surface area contributed by atoms with Gasteiger partial charge in [-0.15, -0.1) is 10.2 Å². The van der Waals surface area contributed by atoms with E-state index in [1.54, 1.807) is 7.05 Å². The van der Waals surface area contributed by atoms with Gasteiger partial charge in [-0.2, -0.15) is 4.80 Å². The Balaban J connectivity index is 1.70. The number of hydrogen-bond acceptors (Lipinski definition) is 5. The predicted octanol–water partition coefficient (Wildman–Crippen LogP) is 0.745. The van der Waals surface area contributed by atoms with Gasteiger partial charge in [-0.1, -0.05) is 30.3 Å². The van der Waals surface area contributed by atoms with Crippen LogP contribution >= 0.6 is 0 Å². The smallest absolute Gasteiger partial charge is 0.188 e. The van der Waals surface area contributed by atoms with E-state index in [2.05, 4.69) is 62.9 Å². The zero-order valence-electron chi connectivity index (χ0n) is 11.9. The molecule has 0 amide bonds. The van der Waals surface area contributed by atoms with Crippen molar-refractivity contribution in [2.75, 3.05) is 13.1 Å². The van der Waals surface area contributed by atoms with Crippen LogP contribution in [0.3, 0.4) is 0 Å². The lowest BCUT2D eigenvalue weighted by Crippen LogP contribution is -2.51. The molecule has 1 fully saturated rings. The molecule has 1 aliphatic rings. The highest BCUT2D eigenvalue weighted by Crippen LogP contribution is 2.20. The third-order valence-corrected chi connectivity index (χ3v) is 3.80. The van der Waals surface area contributed by atoms with Crippen molar-refractivity contribution in [3.63, 3.8) is 0 Å². The standard InChI is InChI=1S/C14H20N6/c1-11-8-15-13(12-6-4-3-5-7-12)9-20(11)10-14-16-18-19(2)17-14/h3-7,11,13,15H,8-10H2,1-2H3. The van der Waals surface area contributed by atoms with Crippen LogP contribution in [0.5, 0.6) is 0 Å². The summed E-state index contributed by atoms with van der Waals surface area (Å²) in [5.74, 6) is 0.785. The SMILES string of the molecule is CC1CNC(c2ccccc2)CN1Cc1nnn(C)n1. The highest BCUT2D eigenvalue weighted by atomic mass is 15.6. The number of nitrogens with zero attached hydrogens (tertiary/aromatic N) is 5. The Kier molecular flexibility index (Phi) is 3.75. The Morgan fingerprint density at radius 2 is 2.10 bits per heavy atom. The Morgan fingerprint density at radius 3 is 2.80 bits per heavy atom. The predicted molar refractivity (Wildman–Crippen MR) is 75.9 cm³/mol. The van der Waals surface area contributed by atoms with E-state index < -0.39 is 0 Å². The molecule has 1 saturated heterocycles. The molecule has 0 radical (unpaired) electrons. The number of tetrazole rings is 1. The second-order valence-electron chi connectivity index (χ2n) is 5.35. The molecule has 1 aromatic heterocycles. The van der Waals surface area contributed by atoms with Crippen LogP contribution in [0.1, 0.15) is 24.4 Å². The maximum atomic E-state index is 4.27. The van der Waals surface area contributed by atoms with Gasteiger partial charge in [0.15, 0.2) is 5.82 Å². The second kappa shape index (κ2) is 5.68. The van der Waals surface area contributed by atoms with Crippen molar-refractivity contribution < 1.29 is 0 Å². The van der Waals surface area contributed by atoms with Crippen LogP contribution in [0.4, 0.5) is 0 Å². The van der Waals surface area contributed by atoms with Gasteiger partial charge in [0.25, 0.3) is 0 Å². The molecule has 2 aromatic rings. The molecule has 106 valence electrons. The number of hydrogen-bond donors (Lipinski definition) is 1. The van der Waals surface area contributed by atoms with E-state index in [4.69, 9.17) is 0 Å². The second-order valence-corrected chi connectivity index (χ2v) is 5.35. The van der Waals surface area contributed by atoms with Crippen molar-refractivity contribution in [3.05, 3.63) is 41.7 Å². The summed E-state index contributed by atoms with van der Waals surface area (Å²) in [5, 5.41) is 15.9. The number of nitrogens with one attached hydrogen (secondary N) is 1. The van der Waals surface area contributed by atoms with E-state index in [0.29, 0.717) is 12.1 Å². The van der Waals surface area contributed by atoms with Crippen LogP contribution in [0.2, 0.25) is 0 Å². The van der Waals surface area contributed by atoms with E-state index >= 15 is 0 Å². The fourth-order valence-electron chi connectivity index (χ4n) is 2.62. The van der Waals surface area contributed by atoms with E-state index in [1.807, 2.05) is 0 Å². The van der Waals surface area contributed by atoms with Gasteiger partial charge in [0.1, 0.15) is 0 Å². The highest BCUT2D eigenvalue weighted by Gasteiger charge is 2.26. The molecule has 6 heteroatoms. The van der Waals surface area contributed by atoms with E-state index in [1.165, 1.54) is 10.4 Å². The highest BCUT2D eigenvalue weighted by molar-refractivity contribution is 5.20. The van der Waals surface area contributed by atoms with Gasteiger partial charge in [0.2, 0.25) is 0 Å². The van der Waals surface area contributed by atoms with Crippen molar-refractivity contribution in [3.8, 4) is 0 Å². The zero-order valence-corrected chi connectivity index (χ0v) is 11.9. The molecule has 2 heterocycles. The number of aromatic nitrogens is 4. The molecular formula is C14H20N6. The number of rotatable bonds is 3. The van der Waals surface area contributed by atoms with Gasteiger partial charge in [0, 0.05) is 25.2 Å². The van der Waals surface area contributed by atoms with Crippen LogP contribution in [0, 0.1) is 0 Å². The third-order valence-electron chi connectivity index (χ3n) is 3.80. The van der Waals surface area contributed by atoms with Gasteiger partial charge in [-0.05, 0) is 17.7 Å². The van der Waals surface area contributed by atoms with Crippen molar-refractivity contribution in [1.82, 2.24) is 30.4 Å². The van der Waals surface area contributed by atoms with Gasteiger partial charge in [-0.25, -0.2) is 0 Å². The van der Waals surface area contributed by atoms with Crippen LogP contribution in [-0.2, 0) is 13.6 Å². The summed E-state index contributed by atoms with van der Waals surface area (Å²) in [6.45, 7) is 4.91. The van der Waals surface area contributed by atoms with E-state index in [-0.39, 0.29) is 0 Å². The van der Waals surface area contributed by atoms with Gasteiger partial charge in [0.05, 0.1) is 13.6 Å². The molecule has 1 aliphatic heterocycles. The van der Waals surface area contributed by atoms with Crippen LogP contribution in [0.25, 0.3) is 0 Å². The summed E-state index contributed by atoms with van der Waals surface area (Å²) in [6.07, 6.45) is 0. The first kappa shape index (κ1) is 13.2. The molecule has 20 heavy (non-hydrogen) atoms. The van der Waals surface area contributed by atoms with Crippen molar-refractivity contribution >= 4 is 0 Å². The van der Waals surface area contributed by atoms with Crippen molar-refractivity contribution in [2.45, 2.75) is 25.6 Å². The molecule has 0 aliphatic carbocycles. The number of benzene rings is 1. The molecule has 3 rings (SSSR count). The minimum absolute atomic E-state index is 0.365. The first-order valence-electron chi connectivity index (χ1n) is 6.97. The topological polar surface area (TPSA) is 58.9 Å². The van der Waals surface area contributed by atoms with Crippen LogP contribution in [-0.4, -0.2) is 44.2 Å². The maximum absolute atomic E-state index is 4.27. The first-order chi connectivity index (χ1) is 9.72. The largest absolute Gasteiger partial charge is 0.307 e. The molecule has 2 unspecified atom stereocenters. The van der Waals surface area contributed by atoms with E-state index in [9.17, 15) is 0 Å². The fraction of sp³-hybridized carbons (Fsp3) is 0.500. The molecule has 1 N–H and O–H groups in total. The summed E-state index contributed by atoms with van der Waals surface area (Å²) >= 11 is 0. The fourth-order valence-corrected chi connectivity index (χ4v) is 2.62. The minimum Gasteiger partial charge on any atom is -0.307 e. The summed E-state index contributed by atoms with van der Waals surface area (Å²) in [4.78, 5) is 3.92. The lowest BCUT2D eigenvalue weighted by Gasteiger charge is -2.38. The average molecular weight is 272 g/mol. The molecule has 0 spiro atoms. The van der Waals surface area contributed by atoms with Gasteiger partial charge in [-0.3, -0.25) is 4.90 Å². The van der Waals surface area contributed by atoms with E-state index in [0.717, 1.165) is 25.5 Å². The molecule has 6 nitrogen and oxygen atoms in total. The minimum atomic E-state index is 0.365. The summed E-state index contributed by atoms with van der Waals surface area (Å²) in [5.41, 5.74) is 1.33. The molecule has 2 atom stereocenters. The molecule has 0 saturated carbocycles. The van der Waals surface area contributed by atoms with Crippen LogP contribution in [0.15, 0.2) is 30.3 Å². The van der Waals surface area contributed by atoms with Gasteiger partial charge >= 0.3 is 0 Å².